The molecule has 0 unspecified atom stereocenters. The monoisotopic (exact) mass is 311 g/mol. The van der Waals surface area contributed by atoms with E-state index in [9.17, 15) is 0 Å². The third-order valence-electron chi connectivity index (χ3n) is 4.00. The topological polar surface area (TPSA) is 54.4 Å². The minimum Gasteiger partial charge on any atom is -0.383 e. The molecule has 7 heteroatoms. The molecule has 2 aliphatic rings. The smallest absolute Gasteiger partial charge is 0.231 e. The zero-order valence-corrected chi connectivity index (χ0v) is 13.2. The molecule has 21 heavy (non-hydrogen) atoms. The molecule has 1 saturated heterocycles. The van der Waals surface area contributed by atoms with Crippen LogP contribution in [0.15, 0.2) is 0 Å². The second-order valence-corrected chi connectivity index (χ2v) is 6.01. The van der Waals surface area contributed by atoms with Crippen LogP contribution in [0.4, 0.5) is 11.9 Å². The number of halogens is 1. The standard InChI is InChI=1S/C14H22ClN5O/c1-21-10-9-20(11-5-6-11)14-17-12(15)16-13(18-14)19-7-3-2-4-8-19/h11H,2-10H2,1H3. The van der Waals surface area contributed by atoms with Gasteiger partial charge in [0.2, 0.25) is 17.2 Å². The van der Waals surface area contributed by atoms with Crippen LogP contribution in [0, 0.1) is 0 Å². The molecule has 0 atom stereocenters. The van der Waals surface area contributed by atoms with Crippen molar-refractivity contribution >= 4 is 23.5 Å². The van der Waals surface area contributed by atoms with E-state index in [0.29, 0.717) is 24.5 Å². The van der Waals surface area contributed by atoms with Crippen LogP contribution in [0.1, 0.15) is 32.1 Å². The fraction of sp³-hybridized carbons (Fsp3) is 0.786. The van der Waals surface area contributed by atoms with E-state index in [1.54, 1.807) is 7.11 Å². The predicted molar refractivity (Wildman–Crippen MR) is 83.1 cm³/mol. The maximum atomic E-state index is 6.13. The van der Waals surface area contributed by atoms with Crippen molar-refractivity contribution in [3.8, 4) is 0 Å². The molecule has 0 aromatic carbocycles. The molecule has 1 aliphatic carbocycles. The van der Waals surface area contributed by atoms with E-state index in [4.69, 9.17) is 16.3 Å². The summed E-state index contributed by atoms with van der Waals surface area (Å²) in [6.07, 6.45) is 6.03. The molecular formula is C14H22ClN5O. The van der Waals surface area contributed by atoms with Crippen LogP contribution in [0.5, 0.6) is 0 Å². The highest BCUT2D eigenvalue weighted by molar-refractivity contribution is 6.28. The maximum Gasteiger partial charge on any atom is 0.231 e. The van der Waals surface area contributed by atoms with Crippen LogP contribution in [0.3, 0.4) is 0 Å². The van der Waals surface area contributed by atoms with Gasteiger partial charge in [0.1, 0.15) is 0 Å². The molecule has 116 valence electrons. The number of aromatic nitrogens is 3. The van der Waals surface area contributed by atoms with Gasteiger partial charge in [-0.25, -0.2) is 0 Å². The van der Waals surface area contributed by atoms with Crippen molar-refractivity contribution in [3.05, 3.63) is 5.28 Å². The van der Waals surface area contributed by atoms with Gasteiger partial charge >= 0.3 is 0 Å². The molecule has 2 fully saturated rings. The number of piperidine rings is 1. The van der Waals surface area contributed by atoms with Crippen molar-refractivity contribution in [2.75, 3.05) is 43.2 Å². The number of hydrogen-bond acceptors (Lipinski definition) is 6. The summed E-state index contributed by atoms with van der Waals surface area (Å²) >= 11 is 6.13. The summed E-state index contributed by atoms with van der Waals surface area (Å²) < 4.78 is 5.19. The first-order valence-corrected chi connectivity index (χ1v) is 8.08. The molecular weight excluding hydrogens is 290 g/mol. The Morgan fingerprint density at radius 3 is 2.62 bits per heavy atom. The second-order valence-electron chi connectivity index (χ2n) is 5.67. The fourth-order valence-electron chi connectivity index (χ4n) is 2.71. The highest BCUT2D eigenvalue weighted by Gasteiger charge is 2.31. The normalized spacial score (nSPS) is 18.9. The van der Waals surface area contributed by atoms with Crippen LogP contribution in [-0.4, -0.2) is 54.3 Å². The molecule has 1 aliphatic heterocycles. The lowest BCUT2D eigenvalue weighted by atomic mass is 10.1. The molecule has 0 bridgehead atoms. The third kappa shape index (κ3) is 3.74. The van der Waals surface area contributed by atoms with Gasteiger partial charge in [0, 0.05) is 32.8 Å². The first-order chi connectivity index (χ1) is 10.3. The van der Waals surface area contributed by atoms with Crippen molar-refractivity contribution in [1.29, 1.82) is 0 Å². The molecule has 0 spiro atoms. The quantitative estimate of drug-likeness (QED) is 0.802. The number of anilines is 2. The number of methoxy groups -OCH3 is 1. The third-order valence-corrected chi connectivity index (χ3v) is 4.17. The summed E-state index contributed by atoms with van der Waals surface area (Å²) in [5.74, 6) is 1.41. The van der Waals surface area contributed by atoms with E-state index in [1.807, 2.05) is 0 Å². The zero-order valence-electron chi connectivity index (χ0n) is 12.5. The Morgan fingerprint density at radius 2 is 1.95 bits per heavy atom. The Hall–Kier alpha value is -1.14. The van der Waals surface area contributed by atoms with Crippen molar-refractivity contribution in [1.82, 2.24) is 15.0 Å². The molecule has 0 radical (unpaired) electrons. The van der Waals surface area contributed by atoms with Gasteiger partial charge in [-0.3, -0.25) is 0 Å². The summed E-state index contributed by atoms with van der Waals surface area (Å²) in [4.78, 5) is 17.7. The molecule has 6 nitrogen and oxygen atoms in total. The largest absolute Gasteiger partial charge is 0.383 e. The average Bonchev–Trinajstić information content (AvgIpc) is 3.33. The summed E-state index contributed by atoms with van der Waals surface area (Å²) in [6.45, 7) is 3.46. The van der Waals surface area contributed by atoms with Crippen LogP contribution >= 0.6 is 11.6 Å². The van der Waals surface area contributed by atoms with Crippen molar-refractivity contribution in [3.63, 3.8) is 0 Å². The van der Waals surface area contributed by atoms with Gasteiger partial charge in [0.25, 0.3) is 0 Å². The first-order valence-electron chi connectivity index (χ1n) is 7.70. The summed E-state index contributed by atoms with van der Waals surface area (Å²) in [6, 6.07) is 0.521. The van der Waals surface area contributed by atoms with E-state index in [1.165, 1.54) is 32.1 Å². The van der Waals surface area contributed by atoms with E-state index >= 15 is 0 Å². The number of nitrogens with zero attached hydrogens (tertiary/aromatic N) is 5. The molecule has 0 N–H and O–H groups in total. The summed E-state index contributed by atoms with van der Waals surface area (Å²) in [5.41, 5.74) is 0. The van der Waals surface area contributed by atoms with Gasteiger partial charge in [-0.05, 0) is 43.7 Å². The fourth-order valence-corrected chi connectivity index (χ4v) is 2.87. The highest BCUT2D eigenvalue weighted by Crippen LogP contribution is 2.30. The average molecular weight is 312 g/mol. The molecule has 2 heterocycles. The zero-order chi connectivity index (χ0) is 14.7. The highest BCUT2D eigenvalue weighted by atomic mass is 35.5. The number of hydrogen-bond donors (Lipinski definition) is 0. The minimum atomic E-state index is 0.281. The van der Waals surface area contributed by atoms with Crippen LogP contribution in [0.25, 0.3) is 0 Å². The van der Waals surface area contributed by atoms with E-state index in [-0.39, 0.29) is 5.28 Å². The molecule has 1 aromatic heterocycles. The van der Waals surface area contributed by atoms with Crippen LogP contribution in [-0.2, 0) is 4.74 Å². The minimum absolute atomic E-state index is 0.281. The summed E-state index contributed by atoms with van der Waals surface area (Å²) in [5, 5.41) is 0.281. The van der Waals surface area contributed by atoms with Gasteiger partial charge in [0.15, 0.2) is 0 Å². The SMILES string of the molecule is COCCN(c1nc(Cl)nc(N2CCCCC2)n1)C1CC1. The summed E-state index contributed by atoms with van der Waals surface area (Å²) in [7, 11) is 1.71. The van der Waals surface area contributed by atoms with Crippen molar-refractivity contribution < 1.29 is 4.74 Å². The lowest BCUT2D eigenvalue weighted by Gasteiger charge is -2.28. The Morgan fingerprint density at radius 1 is 1.19 bits per heavy atom. The van der Waals surface area contributed by atoms with E-state index in [2.05, 4.69) is 24.8 Å². The Kier molecular flexibility index (Phi) is 4.75. The molecule has 3 rings (SSSR count). The van der Waals surface area contributed by atoms with Gasteiger partial charge in [-0.1, -0.05) is 0 Å². The molecule has 1 aromatic rings. The lowest BCUT2D eigenvalue weighted by molar-refractivity contribution is 0.204. The maximum absolute atomic E-state index is 6.13. The van der Waals surface area contributed by atoms with Crippen LogP contribution < -0.4 is 9.80 Å². The van der Waals surface area contributed by atoms with Crippen molar-refractivity contribution in [2.45, 2.75) is 38.1 Å². The Labute approximate surface area is 130 Å². The van der Waals surface area contributed by atoms with Gasteiger partial charge in [-0.15, -0.1) is 0 Å². The first kappa shape index (κ1) is 14.8. The van der Waals surface area contributed by atoms with Crippen molar-refractivity contribution in [2.24, 2.45) is 0 Å². The lowest BCUT2D eigenvalue weighted by Crippen LogP contribution is -2.34. The number of ether oxygens (including phenoxy) is 1. The predicted octanol–water partition coefficient (Wildman–Crippen LogP) is 2.13. The van der Waals surface area contributed by atoms with E-state index < -0.39 is 0 Å². The van der Waals surface area contributed by atoms with E-state index in [0.717, 1.165) is 19.6 Å². The van der Waals surface area contributed by atoms with Gasteiger partial charge in [-0.2, -0.15) is 15.0 Å². The number of rotatable bonds is 6. The Balaban J connectivity index is 1.81. The Bertz CT molecular complexity index is 476. The molecule has 0 amide bonds. The van der Waals surface area contributed by atoms with Gasteiger partial charge in [0.05, 0.1) is 6.61 Å². The van der Waals surface area contributed by atoms with Crippen LogP contribution in [0.2, 0.25) is 5.28 Å². The molecule has 1 saturated carbocycles. The van der Waals surface area contributed by atoms with Gasteiger partial charge < -0.3 is 14.5 Å². The second kappa shape index (κ2) is 6.75.